The van der Waals surface area contributed by atoms with Crippen molar-refractivity contribution in [3.8, 4) is 10.7 Å². The van der Waals surface area contributed by atoms with Gasteiger partial charge >= 0.3 is 12.1 Å². The fourth-order valence-corrected chi connectivity index (χ4v) is 4.38. The number of esters is 1. The third-order valence-electron chi connectivity index (χ3n) is 4.97. The first-order valence-corrected chi connectivity index (χ1v) is 10.8. The van der Waals surface area contributed by atoms with Crippen LogP contribution in [0.15, 0.2) is 48.7 Å². The maximum Gasteiger partial charge on any atom is 0.409 e. The number of hydrogen-bond acceptors (Lipinski definition) is 7. The lowest BCUT2D eigenvalue weighted by atomic mass is 10.1. The van der Waals surface area contributed by atoms with Gasteiger partial charge in [-0.1, -0.05) is 18.2 Å². The van der Waals surface area contributed by atoms with Crippen LogP contribution < -0.4 is 10.2 Å². The van der Waals surface area contributed by atoms with Gasteiger partial charge in [-0.2, -0.15) is 13.2 Å². The molecule has 2 aromatic heterocycles. The van der Waals surface area contributed by atoms with Crippen LogP contribution in [0.4, 0.5) is 24.5 Å². The maximum absolute atomic E-state index is 13.8. The second-order valence-corrected chi connectivity index (χ2v) is 8.31. The summed E-state index contributed by atoms with van der Waals surface area (Å²) in [6, 6.07) is 8.40. The molecule has 1 atom stereocenters. The molecule has 176 valence electrons. The zero-order valence-electron chi connectivity index (χ0n) is 17.6. The molecule has 8 nitrogen and oxygen atoms in total. The number of pyridine rings is 1. The van der Waals surface area contributed by atoms with E-state index in [0.717, 1.165) is 11.3 Å². The predicted octanol–water partition coefficient (Wildman–Crippen LogP) is 3.98. The number of thiazole rings is 1. The minimum Gasteiger partial charge on any atom is -0.451 e. The Bertz CT molecular complexity index is 1250. The predicted molar refractivity (Wildman–Crippen MR) is 117 cm³/mol. The Hall–Kier alpha value is -3.80. The van der Waals surface area contributed by atoms with Crippen LogP contribution in [0.1, 0.15) is 21.8 Å². The van der Waals surface area contributed by atoms with E-state index in [2.05, 4.69) is 15.3 Å². The Kier molecular flexibility index (Phi) is 6.33. The first kappa shape index (κ1) is 23.4. The van der Waals surface area contributed by atoms with E-state index in [-0.39, 0.29) is 16.3 Å². The lowest BCUT2D eigenvalue weighted by Gasteiger charge is -2.31. The first-order valence-electron chi connectivity index (χ1n) is 9.98. The minimum atomic E-state index is -4.89. The SMILES string of the molecule is Cc1nc(-c2ccccn2)sc1C(=O)OCC(=O)N1c2ccccc2NC(=O)C[C@@H]1C(F)(F)F. The number of carbonyl (C=O) groups excluding carboxylic acids is 3. The van der Waals surface area contributed by atoms with Gasteiger partial charge in [-0.15, -0.1) is 11.3 Å². The molecule has 4 rings (SSSR count). The van der Waals surface area contributed by atoms with Crippen LogP contribution in [-0.2, 0) is 14.3 Å². The second-order valence-electron chi connectivity index (χ2n) is 7.32. The third-order valence-corrected chi connectivity index (χ3v) is 6.13. The van der Waals surface area contributed by atoms with Gasteiger partial charge in [0.1, 0.15) is 15.9 Å². The summed E-state index contributed by atoms with van der Waals surface area (Å²) in [6.45, 7) is 0.619. The number of halogens is 3. The highest BCUT2D eigenvalue weighted by Gasteiger charge is 2.49. The minimum absolute atomic E-state index is 0.0530. The van der Waals surface area contributed by atoms with E-state index in [1.54, 1.807) is 31.3 Å². The van der Waals surface area contributed by atoms with E-state index >= 15 is 0 Å². The summed E-state index contributed by atoms with van der Waals surface area (Å²) in [4.78, 5) is 46.6. The van der Waals surface area contributed by atoms with E-state index in [0.29, 0.717) is 21.3 Å². The number of nitrogens with one attached hydrogen (secondary N) is 1. The molecule has 12 heteroatoms. The molecular formula is C22H17F3N4O4S. The number of anilines is 2. The van der Waals surface area contributed by atoms with Gasteiger partial charge in [0.25, 0.3) is 5.91 Å². The number of benzene rings is 1. The molecule has 0 radical (unpaired) electrons. The van der Waals surface area contributed by atoms with Gasteiger partial charge in [-0.05, 0) is 31.2 Å². The Morgan fingerprint density at radius 1 is 1.21 bits per heavy atom. The molecule has 0 unspecified atom stereocenters. The molecule has 0 fully saturated rings. The number of ether oxygens (including phenoxy) is 1. The number of alkyl halides is 3. The highest BCUT2D eigenvalue weighted by atomic mass is 32.1. The Labute approximate surface area is 195 Å². The van der Waals surface area contributed by atoms with Crippen molar-refractivity contribution in [1.82, 2.24) is 9.97 Å². The number of amides is 2. The van der Waals surface area contributed by atoms with Gasteiger partial charge in [-0.25, -0.2) is 9.78 Å². The van der Waals surface area contributed by atoms with Crippen LogP contribution in [0.3, 0.4) is 0 Å². The van der Waals surface area contributed by atoms with Gasteiger partial charge < -0.3 is 10.1 Å². The zero-order chi connectivity index (χ0) is 24.5. The van der Waals surface area contributed by atoms with Crippen LogP contribution in [0.25, 0.3) is 10.7 Å². The van der Waals surface area contributed by atoms with Crippen molar-refractivity contribution in [1.29, 1.82) is 0 Å². The second kappa shape index (κ2) is 9.21. The summed E-state index contributed by atoms with van der Waals surface area (Å²) in [5, 5.41) is 2.83. The molecule has 0 saturated heterocycles. The lowest BCUT2D eigenvalue weighted by Crippen LogP contribution is -2.51. The van der Waals surface area contributed by atoms with Crippen molar-refractivity contribution in [2.24, 2.45) is 0 Å². The highest BCUT2D eigenvalue weighted by Crippen LogP contribution is 2.37. The van der Waals surface area contributed by atoms with Gasteiger partial charge in [0.15, 0.2) is 6.61 Å². The molecule has 2 amide bonds. The molecule has 1 aromatic carbocycles. The molecule has 0 aliphatic carbocycles. The molecular weight excluding hydrogens is 473 g/mol. The van der Waals surface area contributed by atoms with Gasteiger partial charge in [-0.3, -0.25) is 19.5 Å². The highest BCUT2D eigenvalue weighted by molar-refractivity contribution is 7.17. The monoisotopic (exact) mass is 490 g/mol. The quantitative estimate of drug-likeness (QED) is 0.556. The van der Waals surface area contributed by atoms with Crippen molar-refractivity contribution < 1.29 is 32.3 Å². The number of carbonyl (C=O) groups is 3. The summed E-state index contributed by atoms with van der Waals surface area (Å²) in [6.07, 6.45) is -4.31. The van der Waals surface area contributed by atoms with Gasteiger partial charge in [0.05, 0.1) is 29.2 Å². The molecule has 0 bridgehead atoms. The number of para-hydroxylation sites is 2. The summed E-state index contributed by atoms with van der Waals surface area (Å²) in [5.41, 5.74) is 0.795. The molecule has 0 spiro atoms. The normalized spacial score (nSPS) is 15.8. The average molecular weight is 490 g/mol. The number of aromatic nitrogens is 2. The summed E-state index contributed by atoms with van der Waals surface area (Å²) >= 11 is 0.997. The third kappa shape index (κ3) is 4.76. The zero-order valence-corrected chi connectivity index (χ0v) is 18.4. The molecule has 34 heavy (non-hydrogen) atoms. The topological polar surface area (TPSA) is 101 Å². The maximum atomic E-state index is 13.8. The smallest absolute Gasteiger partial charge is 0.409 e. The van der Waals surface area contributed by atoms with Gasteiger partial charge in [0.2, 0.25) is 5.91 Å². The summed E-state index contributed by atoms with van der Waals surface area (Å²) < 4.78 is 46.4. The Balaban J connectivity index is 1.56. The van der Waals surface area contributed by atoms with E-state index in [4.69, 9.17) is 4.74 Å². The Morgan fingerprint density at radius 2 is 1.94 bits per heavy atom. The first-order chi connectivity index (χ1) is 16.1. The Morgan fingerprint density at radius 3 is 2.65 bits per heavy atom. The number of fused-ring (bicyclic) bond motifs is 1. The molecule has 1 aliphatic heterocycles. The van der Waals surface area contributed by atoms with Crippen LogP contribution >= 0.6 is 11.3 Å². The van der Waals surface area contributed by atoms with Crippen LogP contribution in [0.2, 0.25) is 0 Å². The van der Waals surface area contributed by atoms with E-state index < -0.39 is 43.0 Å². The van der Waals surface area contributed by atoms with Crippen LogP contribution in [-0.4, -0.2) is 46.6 Å². The largest absolute Gasteiger partial charge is 0.451 e. The lowest BCUT2D eigenvalue weighted by molar-refractivity contribution is -0.158. The standard InChI is InChI=1S/C22H17F3N4O4S/c1-12-19(34-20(27-12)14-7-4-5-9-26-14)21(32)33-11-18(31)29-15-8-3-2-6-13(15)28-17(30)10-16(29)22(23,24)25/h2-9,16H,10-11H2,1H3,(H,28,30)/t16-/m1/s1. The molecule has 3 heterocycles. The fraction of sp³-hybridized carbons (Fsp3) is 0.227. The van der Waals surface area contributed by atoms with Crippen molar-refractivity contribution >= 4 is 40.5 Å². The van der Waals surface area contributed by atoms with E-state index in [9.17, 15) is 27.6 Å². The summed E-state index contributed by atoms with van der Waals surface area (Å²) in [5.74, 6) is -2.90. The fourth-order valence-electron chi connectivity index (χ4n) is 3.44. The van der Waals surface area contributed by atoms with Gasteiger partial charge in [0, 0.05) is 6.20 Å². The number of rotatable bonds is 4. The molecule has 1 N–H and O–H groups in total. The summed E-state index contributed by atoms with van der Waals surface area (Å²) in [7, 11) is 0. The average Bonchev–Trinajstić information content (AvgIpc) is 3.11. The van der Waals surface area contributed by atoms with Crippen molar-refractivity contribution in [2.75, 3.05) is 16.8 Å². The van der Waals surface area contributed by atoms with Crippen molar-refractivity contribution in [3.05, 3.63) is 59.2 Å². The van der Waals surface area contributed by atoms with Crippen LogP contribution in [0, 0.1) is 6.92 Å². The molecule has 1 aliphatic rings. The van der Waals surface area contributed by atoms with Crippen LogP contribution in [0.5, 0.6) is 0 Å². The molecule has 0 saturated carbocycles. The van der Waals surface area contributed by atoms with Crippen molar-refractivity contribution in [3.63, 3.8) is 0 Å². The number of aryl methyl sites for hydroxylation is 1. The number of hydrogen-bond donors (Lipinski definition) is 1. The van der Waals surface area contributed by atoms with E-state index in [1.165, 1.54) is 24.3 Å². The van der Waals surface area contributed by atoms with Crippen molar-refractivity contribution in [2.45, 2.75) is 25.6 Å². The van der Waals surface area contributed by atoms with E-state index in [1.807, 2.05) is 0 Å². The number of nitrogens with zero attached hydrogens (tertiary/aromatic N) is 3. The molecule has 3 aromatic rings.